The lowest BCUT2D eigenvalue weighted by Gasteiger charge is -2.10. The number of carbonyl (C=O) groups is 3. The van der Waals surface area contributed by atoms with Crippen LogP contribution in [0, 0.1) is 0 Å². The summed E-state index contributed by atoms with van der Waals surface area (Å²) in [6.45, 7) is 2.96. The molecule has 0 saturated carbocycles. The van der Waals surface area contributed by atoms with Crippen molar-refractivity contribution >= 4 is 61.7 Å². The van der Waals surface area contributed by atoms with E-state index in [1.807, 2.05) is 0 Å². The molecule has 2 aromatic rings. The molecule has 0 aliphatic carbocycles. The Morgan fingerprint density at radius 1 is 1.12 bits per heavy atom. The molecule has 32 heavy (non-hydrogen) atoms. The van der Waals surface area contributed by atoms with Crippen molar-refractivity contribution in [2.75, 3.05) is 7.11 Å². The topological polar surface area (TPSA) is 100 Å². The van der Waals surface area contributed by atoms with Crippen LogP contribution in [0.2, 0.25) is 0 Å². The summed E-state index contributed by atoms with van der Waals surface area (Å²) < 4.78 is 22.3. The van der Waals surface area contributed by atoms with Crippen LogP contribution >= 0.6 is 31.9 Å². The second-order valence-corrected chi connectivity index (χ2v) is 8.20. The minimum absolute atomic E-state index is 0.0156. The number of aliphatic imine (C=N–C) groups is 1. The van der Waals surface area contributed by atoms with Gasteiger partial charge < -0.3 is 18.9 Å². The van der Waals surface area contributed by atoms with Crippen molar-refractivity contribution in [3.63, 3.8) is 0 Å². The van der Waals surface area contributed by atoms with Crippen molar-refractivity contribution < 1.29 is 33.3 Å². The van der Waals surface area contributed by atoms with Gasteiger partial charge in [0.05, 0.1) is 11.6 Å². The average molecular weight is 567 g/mol. The Morgan fingerprint density at radius 3 is 2.53 bits per heavy atom. The smallest absolute Gasteiger partial charge is 0.363 e. The van der Waals surface area contributed by atoms with Crippen LogP contribution < -0.4 is 14.2 Å². The molecule has 0 unspecified atom stereocenters. The van der Waals surface area contributed by atoms with Gasteiger partial charge in [-0.3, -0.25) is 9.59 Å². The van der Waals surface area contributed by atoms with Gasteiger partial charge >= 0.3 is 17.9 Å². The number of ether oxygens (including phenoxy) is 4. The Hall–Kier alpha value is -2.98. The van der Waals surface area contributed by atoms with E-state index >= 15 is 0 Å². The number of hydrogen-bond donors (Lipinski definition) is 0. The van der Waals surface area contributed by atoms with Crippen molar-refractivity contribution in [2.24, 2.45) is 4.99 Å². The molecule has 0 bridgehead atoms. The molecular weight excluding hydrogens is 550 g/mol. The minimum atomic E-state index is -0.674. The maximum atomic E-state index is 12.5. The first-order chi connectivity index (χ1) is 15.2. The summed E-state index contributed by atoms with van der Waals surface area (Å²) >= 11 is 6.75. The van der Waals surface area contributed by atoms with Gasteiger partial charge in [0.25, 0.3) is 0 Å². The van der Waals surface area contributed by atoms with Crippen molar-refractivity contribution in [3.05, 3.63) is 56.1 Å². The predicted octanol–water partition coefficient (Wildman–Crippen LogP) is 4.81. The van der Waals surface area contributed by atoms with E-state index in [1.165, 1.54) is 32.2 Å². The SMILES string of the molecule is CCC(=O)Oc1c(Br)cc(Br)cc1/C=C1\N=C(c2ccc(OC(C)=O)c(OC)c2)OC1=O. The maximum absolute atomic E-state index is 12.5. The Bertz CT molecular complexity index is 1170. The molecule has 0 radical (unpaired) electrons. The molecule has 0 fully saturated rings. The van der Waals surface area contributed by atoms with Crippen LogP contribution in [0.25, 0.3) is 6.08 Å². The molecule has 1 heterocycles. The minimum Gasteiger partial charge on any atom is -0.493 e. The van der Waals surface area contributed by atoms with Crippen molar-refractivity contribution in [2.45, 2.75) is 20.3 Å². The van der Waals surface area contributed by atoms with Gasteiger partial charge in [-0.1, -0.05) is 22.9 Å². The summed E-state index contributed by atoms with van der Waals surface area (Å²) in [6.07, 6.45) is 1.65. The Balaban J connectivity index is 2.00. The molecule has 0 aromatic heterocycles. The van der Waals surface area contributed by atoms with Crippen LogP contribution in [0.3, 0.4) is 0 Å². The number of halogens is 2. The average Bonchev–Trinajstić information content (AvgIpc) is 3.10. The first-order valence-electron chi connectivity index (χ1n) is 9.31. The lowest BCUT2D eigenvalue weighted by Crippen LogP contribution is -2.08. The molecule has 0 atom stereocenters. The number of methoxy groups -OCH3 is 1. The summed E-state index contributed by atoms with van der Waals surface area (Å²) in [5.74, 6) is -0.778. The third-order valence-electron chi connectivity index (χ3n) is 4.12. The molecule has 0 saturated heterocycles. The highest BCUT2D eigenvalue weighted by Crippen LogP contribution is 2.36. The summed E-state index contributed by atoms with van der Waals surface area (Å²) in [4.78, 5) is 39.8. The molecule has 1 aliphatic heterocycles. The van der Waals surface area contributed by atoms with Crippen LogP contribution in [0.4, 0.5) is 0 Å². The lowest BCUT2D eigenvalue weighted by atomic mass is 10.1. The van der Waals surface area contributed by atoms with Crippen molar-refractivity contribution in [3.8, 4) is 17.2 Å². The molecule has 8 nitrogen and oxygen atoms in total. The molecule has 166 valence electrons. The molecule has 0 spiro atoms. The number of rotatable bonds is 6. The van der Waals surface area contributed by atoms with E-state index in [0.717, 1.165) is 0 Å². The summed E-state index contributed by atoms with van der Waals surface area (Å²) in [5.41, 5.74) is 0.914. The predicted molar refractivity (Wildman–Crippen MR) is 123 cm³/mol. The van der Waals surface area contributed by atoms with Crippen LogP contribution in [0.5, 0.6) is 17.2 Å². The van der Waals surface area contributed by atoms with Crippen LogP contribution in [0.1, 0.15) is 31.4 Å². The molecule has 2 aromatic carbocycles. The highest BCUT2D eigenvalue weighted by molar-refractivity contribution is 9.11. The molecule has 3 rings (SSSR count). The second kappa shape index (κ2) is 10.1. The molecule has 0 N–H and O–H groups in total. The fourth-order valence-corrected chi connectivity index (χ4v) is 4.04. The number of benzene rings is 2. The van der Waals surface area contributed by atoms with E-state index in [9.17, 15) is 14.4 Å². The largest absolute Gasteiger partial charge is 0.493 e. The van der Waals surface area contributed by atoms with Gasteiger partial charge in [-0.2, -0.15) is 0 Å². The van der Waals surface area contributed by atoms with Crippen LogP contribution in [-0.4, -0.2) is 30.9 Å². The van der Waals surface area contributed by atoms with E-state index in [2.05, 4.69) is 36.9 Å². The Kier molecular flexibility index (Phi) is 7.47. The number of hydrogen-bond acceptors (Lipinski definition) is 8. The molecule has 0 amide bonds. The van der Waals surface area contributed by atoms with Gasteiger partial charge in [0.15, 0.2) is 22.9 Å². The van der Waals surface area contributed by atoms with E-state index in [4.69, 9.17) is 18.9 Å². The quantitative estimate of drug-likeness (QED) is 0.281. The summed E-state index contributed by atoms with van der Waals surface area (Å²) in [6, 6.07) is 8.05. The van der Waals surface area contributed by atoms with Gasteiger partial charge in [0.1, 0.15) is 0 Å². The number of esters is 3. The highest BCUT2D eigenvalue weighted by Gasteiger charge is 2.26. The third kappa shape index (κ3) is 5.43. The van der Waals surface area contributed by atoms with E-state index in [0.29, 0.717) is 20.1 Å². The first-order valence-corrected chi connectivity index (χ1v) is 10.9. The highest BCUT2D eigenvalue weighted by atomic mass is 79.9. The van der Waals surface area contributed by atoms with Crippen molar-refractivity contribution in [1.82, 2.24) is 0 Å². The van der Waals surface area contributed by atoms with Crippen LogP contribution in [-0.2, 0) is 19.1 Å². The number of nitrogens with zero attached hydrogens (tertiary/aromatic N) is 1. The van der Waals surface area contributed by atoms with Gasteiger partial charge in [-0.15, -0.1) is 0 Å². The second-order valence-electron chi connectivity index (χ2n) is 6.43. The lowest BCUT2D eigenvalue weighted by molar-refractivity contribution is -0.134. The number of carbonyl (C=O) groups excluding carboxylic acids is 3. The van der Waals surface area contributed by atoms with Crippen molar-refractivity contribution in [1.29, 1.82) is 0 Å². The third-order valence-corrected chi connectivity index (χ3v) is 5.17. The van der Waals surface area contributed by atoms with E-state index in [-0.39, 0.29) is 35.3 Å². The number of cyclic esters (lactones) is 1. The standard InChI is InChI=1S/C22H17Br2NO7/c1-4-19(27)31-20-13(7-14(23)10-15(20)24)8-16-22(28)32-21(25-16)12-5-6-17(30-11(2)26)18(9-12)29-3/h5-10H,4H2,1-3H3/b16-8-. The Labute approximate surface area is 200 Å². The molecular formula is C22H17Br2NO7. The fraction of sp³-hybridized carbons (Fsp3) is 0.182. The van der Waals surface area contributed by atoms with Gasteiger partial charge in [0.2, 0.25) is 5.90 Å². The van der Waals surface area contributed by atoms with Gasteiger partial charge in [-0.05, 0) is 52.3 Å². The maximum Gasteiger partial charge on any atom is 0.363 e. The zero-order chi connectivity index (χ0) is 23.4. The zero-order valence-electron chi connectivity index (χ0n) is 17.2. The fourth-order valence-electron chi connectivity index (χ4n) is 2.70. The van der Waals surface area contributed by atoms with Gasteiger partial charge in [-0.25, -0.2) is 9.79 Å². The summed E-state index contributed by atoms with van der Waals surface area (Å²) in [7, 11) is 1.42. The van der Waals surface area contributed by atoms with Gasteiger partial charge in [0, 0.05) is 28.9 Å². The molecule has 1 aliphatic rings. The normalized spacial score (nSPS) is 14.1. The first kappa shape index (κ1) is 23.7. The van der Waals surface area contributed by atoms with Crippen LogP contribution in [0.15, 0.2) is 50.0 Å². The molecule has 10 heteroatoms. The van der Waals surface area contributed by atoms with E-state index in [1.54, 1.807) is 25.1 Å². The monoisotopic (exact) mass is 565 g/mol. The summed E-state index contributed by atoms with van der Waals surface area (Å²) in [5, 5.41) is 0. The zero-order valence-corrected chi connectivity index (χ0v) is 20.4. The van der Waals surface area contributed by atoms with E-state index < -0.39 is 17.9 Å². The Morgan fingerprint density at radius 2 is 1.88 bits per heavy atom.